The van der Waals surface area contributed by atoms with Crippen molar-refractivity contribution < 1.29 is 14.0 Å². The van der Waals surface area contributed by atoms with Gasteiger partial charge in [-0.05, 0) is 55.2 Å². The predicted molar refractivity (Wildman–Crippen MR) is 90.3 cm³/mol. The molecule has 0 bridgehead atoms. The molecule has 1 aliphatic carbocycles. The summed E-state index contributed by atoms with van der Waals surface area (Å²) in [5, 5.41) is 5.71. The van der Waals surface area contributed by atoms with Gasteiger partial charge in [-0.1, -0.05) is 18.2 Å². The predicted octanol–water partition coefficient (Wildman–Crippen LogP) is 3.29. The maximum atomic E-state index is 12.8. The third-order valence-corrected chi connectivity index (χ3v) is 3.88. The number of nitrogens with one attached hydrogen (secondary N) is 2. The fraction of sp³-hybridized carbons (Fsp3) is 0.263. The highest BCUT2D eigenvalue weighted by molar-refractivity contribution is 5.97. The zero-order valence-corrected chi connectivity index (χ0v) is 13.2. The molecule has 0 heterocycles. The largest absolute Gasteiger partial charge is 0.349 e. The molecule has 124 valence electrons. The van der Waals surface area contributed by atoms with Crippen LogP contribution in [-0.4, -0.2) is 17.9 Å². The van der Waals surface area contributed by atoms with Gasteiger partial charge in [0.2, 0.25) is 5.91 Å². The molecule has 4 nitrogen and oxygen atoms in total. The maximum absolute atomic E-state index is 12.8. The molecule has 2 aromatic rings. The minimum atomic E-state index is -0.288. The van der Waals surface area contributed by atoms with Gasteiger partial charge in [-0.25, -0.2) is 4.39 Å². The third kappa shape index (κ3) is 4.65. The van der Waals surface area contributed by atoms with Crippen LogP contribution in [-0.2, 0) is 11.2 Å². The van der Waals surface area contributed by atoms with E-state index in [1.54, 1.807) is 36.4 Å². The molecule has 0 aliphatic heterocycles. The van der Waals surface area contributed by atoms with Crippen molar-refractivity contribution in [3.05, 3.63) is 65.5 Å². The number of carbonyl (C=O) groups excluding carboxylic acids is 2. The number of hydrogen-bond acceptors (Lipinski definition) is 2. The minimum absolute atomic E-state index is 0.111. The summed E-state index contributed by atoms with van der Waals surface area (Å²) in [4.78, 5) is 24.1. The van der Waals surface area contributed by atoms with Gasteiger partial charge in [0.15, 0.2) is 0 Å². The summed E-state index contributed by atoms with van der Waals surface area (Å²) in [7, 11) is 0. The number of anilines is 1. The van der Waals surface area contributed by atoms with E-state index in [0.29, 0.717) is 30.1 Å². The Morgan fingerprint density at radius 3 is 2.54 bits per heavy atom. The molecule has 5 heteroatoms. The van der Waals surface area contributed by atoms with Gasteiger partial charge in [-0.15, -0.1) is 0 Å². The normalized spacial score (nSPS) is 13.4. The van der Waals surface area contributed by atoms with Crippen molar-refractivity contribution in [3.8, 4) is 0 Å². The molecule has 3 rings (SSSR count). The highest BCUT2D eigenvalue weighted by atomic mass is 19.1. The van der Waals surface area contributed by atoms with E-state index >= 15 is 0 Å². The van der Waals surface area contributed by atoms with Crippen LogP contribution >= 0.6 is 0 Å². The highest BCUT2D eigenvalue weighted by Crippen LogP contribution is 2.20. The molecular weight excluding hydrogens is 307 g/mol. The summed E-state index contributed by atoms with van der Waals surface area (Å²) in [6.07, 6.45) is 2.90. The average Bonchev–Trinajstić information content (AvgIpc) is 3.38. The average molecular weight is 326 g/mol. The number of halogens is 1. The third-order valence-electron chi connectivity index (χ3n) is 3.88. The molecule has 2 aromatic carbocycles. The van der Waals surface area contributed by atoms with Crippen LogP contribution in [0.1, 0.15) is 35.2 Å². The van der Waals surface area contributed by atoms with E-state index in [-0.39, 0.29) is 17.6 Å². The fourth-order valence-corrected chi connectivity index (χ4v) is 2.37. The van der Waals surface area contributed by atoms with Crippen molar-refractivity contribution in [1.29, 1.82) is 0 Å². The molecule has 1 fully saturated rings. The monoisotopic (exact) mass is 326 g/mol. The number of hydrogen-bond donors (Lipinski definition) is 2. The molecule has 0 unspecified atom stereocenters. The van der Waals surface area contributed by atoms with E-state index in [0.717, 1.165) is 18.4 Å². The lowest BCUT2D eigenvalue weighted by molar-refractivity contribution is -0.116. The van der Waals surface area contributed by atoms with Crippen molar-refractivity contribution >= 4 is 17.5 Å². The summed E-state index contributed by atoms with van der Waals surface area (Å²) in [5.74, 6) is -0.538. The van der Waals surface area contributed by atoms with E-state index in [4.69, 9.17) is 0 Å². The lowest BCUT2D eigenvalue weighted by Gasteiger charge is -2.08. The molecule has 1 saturated carbocycles. The smallest absolute Gasteiger partial charge is 0.251 e. The topological polar surface area (TPSA) is 58.2 Å². The van der Waals surface area contributed by atoms with Gasteiger partial charge in [0.25, 0.3) is 5.91 Å². The van der Waals surface area contributed by atoms with Gasteiger partial charge in [0, 0.05) is 23.7 Å². The first-order valence-corrected chi connectivity index (χ1v) is 8.05. The van der Waals surface area contributed by atoms with Crippen molar-refractivity contribution in [2.24, 2.45) is 0 Å². The first-order valence-electron chi connectivity index (χ1n) is 8.05. The number of rotatable bonds is 6. The quantitative estimate of drug-likeness (QED) is 0.856. The Kier molecular flexibility index (Phi) is 4.89. The number of carbonyl (C=O) groups is 2. The van der Waals surface area contributed by atoms with Gasteiger partial charge in [-0.3, -0.25) is 9.59 Å². The van der Waals surface area contributed by atoms with Crippen LogP contribution in [0.2, 0.25) is 0 Å². The second-order valence-corrected chi connectivity index (χ2v) is 6.00. The summed E-state index contributed by atoms with van der Waals surface area (Å²) in [5.41, 5.74) is 2.05. The summed E-state index contributed by atoms with van der Waals surface area (Å²) < 4.78 is 12.8. The van der Waals surface area contributed by atoms with Crippen LogP contribution in [0.5, 0.6) is 0 Å². The lowest BCUT2D eigenvalue weighted by Crippen LogP contribution is -2.25. The van der Waals surface area contributed by atoms with Gasteiger partial charge in [-0.2, -0.15) is 0 Å². The Labute approximate surface area is 140 Å². The van der Waals surface area contributed by atoms with E-state index in [9.17, 15) is 14.0 Å². The Balaban J connectivity index is 1.53. The van der Waals surface area contributed by atoms with Crippen LogP contribution in [0.4, 0.5) is 10.1 Å². The van der Waals surface area contributed by atoms with Gasteiger partial charge in [0.05, 0.1) is 0 Å². The standard InChI is InChI=1S/C19H19FN2O2/c20-15-7-4-13(5-8-15)6-11-18(23)21-17-3-1-2-14(12-17)19(24)22-16-9-10-16/h1-5,7-8,12,16H,6,9-11H2,(H,21,23)(H,22,24). The summed E-state index contributed by atoms with van der Waals surface area (Å²) in [6.45, 7) is 0. The first-order chi connectivity index (χ1) is 11.6. The Morgan fingerprint density at radius 2 is 1.83 bits per heavy atom. The van der Waals surface area contributed by atoms with Crippen molar-refractivity contribution in [2.75, 3.05) is 5.32 Å². The SMILES string of the molecule is O=C(CCc1ccc(F)cc1)Nc1cccc(C(=O)NC2CC2)c1. The van der Waals surface area contributed by atoms with Gasteiger partial charge >= 0.3 is 0 Å². The molecule has 0 atom stereocenters. The number of benzene rings is 2. The van der Waals surface area contributed by atoms with Gasteiger partial charge < -0.3 is 10.6 Å². The summed E-state index contributed by atoms with van der Waals surface area (Å²) >= 11 is 0. The van der Waals surface area contributed by atoms with Crippen LogP contribution in [0, 0.1) is 5.82 Å². The molecule has 1 aliphatic rings. The van der Waals surface area contributed by atoms with E-state index in [1.165, 1.54) is 12.1 Å². The Morgan fingerprint density at radius 1 is 1.08 bits per heavy atom. The molecule has 0 radical (unpaired) electrons. The minimum Gasteiger partial charge on any atom is -0.349 e. The van der Waals surface area contributed by atoms with Crippen LogP contribution in [0.15, 0.2) is 48.5 Å². The number of amides is 2. The van der Waals surface area contributed by atoms with E-state index in [1.807, 2.05) is 0 Å². The van der Waals surface area contributed by atoms with E-state index in [2.05, 4.69) is 10.6 Å². The second-order valence-electron chi connectivity index (χ2n) is 6.00. The van der Waals surface area contributed by atoms with Crippen LogP contribution in [0.3, 0.4) is 0 Å². The molecule has 0 spiro atoms. The highest BCUT2D eigenvalue weighted by Gasteiger charge is 2.23. The molecule has 0 saturated heterocycles. The first kappa shape index (κ1) is 16.2. The van der Waals surface area contributed by atoms with Crippen LogP contribution < -0.4 is 10.6 Å². The zero-order valence-electron chi connectivity index (χ0n) is 13.2. The Hall–Kier alpha value is -2.69. The van der Waals surface area contributed by atoms with E-state index < -0.39 is 0 Å². The zero-order chi connectivity index (χ0) is 16.9. The molecule has 24 heavy (non-hydrogen) atoms. The molecule has 2 N–H and O–H groups in total. The molecule has 2 amide bonds. The number of aryl methyl sites for hydroxylation is 1. The van der Waals surface area contributed by atoms with Gasteiger partial charge in [0.1, 0.15) is 5.82 Å². The molecular formula is C19H19FN2O2. The Bertz CT molecular complexity index is 739. The van der Waals surface area contributed by atoms with Crippen molar-refractivity contribution in [3.63, 3.8) is 0 Å². The summed E-state index contributed by atoms with van der Waals surface area (Å²) in [6, 6.07) is 13.3. The fourth-order valence-electron chi connectivity index (χ4n) is 2.37. The molecule has 0 aromatic heterocycles. The van der Waals surface area contributed by atoms with Crippen molar-refractivity contribution in [2.45, 2.75) is 31.7 Å². The second kappa shape index (κ2) is 7.25. The maximum Gasteiger partial charge on any atom is 0.251 e. The lowest BCUT2D eigenvalue weighted by atomic mass is 10.1. The van der Waals surface area contributed by atoms with Crippen molar-refractivity contribution in [1.82, 2.24) is 5.32 Å². The van der Waals surface area contributed by atoms with Crippen LogP contribution in [0.25, 0.3) is 0 Å².